The molecule has 0 saturated carbocycles. The molecular weight excluding hydrogens is 330 g/mol. The average molecular weight is 349 g/mol. The summed E-state index contributed by atoms with van der Waals surface area (Å²) in [5, 5.41) is 5.70. The van der Waals surface area contributed by atoms with Crippen molar-refractivity contribution in [3.05, 3.63) is 65.6 Å². The van der Waals surface area contributed by atoms with Gasteiger partial charge in [-0.2, -0.15) is 0 Å². The van der Waals surface area contributed by atoms with E-state index in [0.717, 1.165) is 16.8 Å². The largest absolute Gasteiger partial charge is 0.336 e. The standard InChI is InChI=1S/C19H19N5O2/c1-13-6-8-23-12-16(21-17(23)10-13)18(25)22-15-5-3-2-4-14(15)11-24-9-7-20-19(24)26/h2-6,8,10,12H,7,9,11H2,1H3,(H,20,26)(H,22,25). The fourth-order valence-electron chi connectivity index (χ4n) is 3.03. The third-order valence-electron chi connectivity index (χ3n) is 4.42. The first-order valence-electron chi connectivity index (χ1n) is 8.47. The summed E-state index contributed by atoms with van der Waals surface area (Å²) in [5.74, 6) is -0.273. The van der Waals surface area contributed by atoms with Gasteiger partial charge in [0.25, 0.3) is 5.91 Å². The Morgan fingerprint density at radius 2 is 2.15 bits per heavy atom. The van der Waals surface area contributed by atoms with Gasteiger partial charge in [-0.15, -0.1) is 0 Å². The summed E-state index contributed by atoms with van der Waals surface area (Å²) in [4.78, 5) is 30.5. The summed E-state index contributed by atoms with van der Waals surface area (Å²) in [6.07, 6.45) is 3.59. The van der Waals surface area contributed by atoms with E-state index in [1.165, 1.54) is 0 Å². The Morgan fingerprint density at radius 3 is 2.96 bits per heavy atom. The molecule has 2 N–H and O–H groups in total. The lowest BCUT2D eigenvalue weighted by molar-refractivity contribution is 0.102. The number of nitrogens with one attached hydrogen (secondary N) is 2. The second-order valence-electron chi connectivity index (χ2n) is 6.36. The van der Waals surface area contributed by atoms with E-state index in [1.54, 1.807) is 11.1 Å². The number of benzene rings is 1. The number of imidazole rings is 1. The van der Waals surface area contributed by atoms with Gasteiger partial charge in [0.15, 0.2) is 0 Å². The van der Waals surface area contributed by atoms with Crippen molar-refractivity contribution in [2.45, 2.75) is 13.5 Å². The van der Waals surface area contributed by atoms with Crippen molar-refractivity contribution in [1.29, 1.82) is 0 Å². The van der Waals surface area contributed by atoms with Crippen molar-refractivity contribution >= 4 is 23.3 Å². The van der Waals surface area contributed by atoms with Crippen molar-refractivity contribution in [3.8, 4) is 0 Å². The topological polar surface area (TPSA) is 78.7 Å². The zero-order valence-corrected chi connectivity index (χ0v) is 14.4. The van der Waals surface area contributed by atoms with Crippen LogP contribution in [-0.2, 0) is 6.54 Å². The third-order valence-corrected chi connectivity index (χ3v) is 4.42. The number of anilines is 1. The van der Waals surface area contributed by atoms with Crippen LogP contribution in [0, 0.1) is 6.92 Å². The number of hydrogen-bond donors (Lipinski definition) is 2. The summed E-state index contributed by atoms with van der Waals surface area (Å²) in [5.41, 5.74) is 3.74. The highest BCUT2D eigenvalue weighted by Gasteiger charge is 2.21. The van der Waals surface area contributed by atoms with Gasteiger partial charge in [-0.1, -0.05) is 18.2 Å². The van der Waals surface area contributed by atoms with E-state index in [2.05, 4.69) is 15.6 Å². The molecule has 1 saturated heterocycles. The first-order valence-corrected chi connectivity index (χ1v) is 8.47. The van der Waals surface area contributed by atoms with E-state index in [0.29, 0.717) is 31.0 Å². The Labute approximate surface area is 150 Å². The molecule has 1 aliphatic rings. The SMILES string of the molecule is Cc1ccn2cc(C(=O)Nc3ccccc3CN3CCNC3=O)nc2c1. The fraction of sp³-hybridized carbons (Fsp3) is 0.211. The molecule has 26 heavy (non-hydrogen) atoms. The highest BCUT2D eigenvalue weighted by atomic mass is 16.2. The number of fused-ring (bicyclic) bond motifs is 1. The minimum absolute atomic E-state index is 0.0816. The number of carbonyl (C=O) groups excluding carboxylic acids is 2. The van der Waals surface area contributed by atoms with E-state index in [-0.39, 0.29) is 11.9 Å². The van der Waals surface area contributed by atoms with E-state index < -0.39 is 0 Å². The van der Waals surface area contributed by atoms with Crippen molar-refractivity contribution in [3.63, 3.8) is 0 Å². The van der Waals surface area contributed by atoms with E-state index in [9.17, 15) is 9.59 Å². The van der Waals surface area contributed by atoms with Crippen LogP contribution in [0.3, 0.4) is 0 Å². The normalized spacial score (nSPS) is 13.9. The van der Waals surface area contributed by atoms with Crippen LogP contribution in [0.25, 0.3) is 5.65 Å². The molecule has 0 unspecified atom stereocenters. The maximum Gasteiger partial charge on any atom is 0.317 e. The molecule has 1 fully saturated rings. The molecule has 0 aliphatic carbocycles. The summed E-state index contributed by atoms with van der Waals surface area (Å²) in [6.45, 7) is 3.74. The smallest absolute Gasteiger partial charge is 0.317 e. The monoisotopic (exact) mass is 349 g/mol. The minimum atomic E-state index is -0.273. The first-order chi connectivity index (χ1) is 12.6. The lowest BCUT2D eigenvalue weighted by Gasteiger charge is -2.17. The van der Waals surface area contributed by atoms with Crippen LogP contribution in [-0.4, -0.2) is 39.3 Å². The van der Waals surface area contributed by atoms with Crippen molar-refractivity contribution in [2.24, 2.45) is 0 Å². The van der Waals surface area contributed by atoms with Gasteiger partial charge in [0, 0.05) is 37.7 Å². The fourth-order valence-corrected chi connectivity index (χ4v) is 3.03. The Balaban J connectivity index is 1.56. The summed E-state index contributed by atoms with van der Waals surface area (Å²) in [7, 11) is 0. The Kier molecular flexibility index (Phi) is 4.04. The molecule has 2 aromatic heterocycles. The number of rotatable bonds is 4. The minimum Gasteiger partial charge on any atom is -0.336 e. The van der Waals surface area contributed by atoms with Crippen LogP contribution in [0.1, 0.15) is 21.6 Å². The molecule has 1 aromatic carbocycles. The van der Waals surface area contributed by atoms with Crippen LogP contribution in [0.4, 0.5) is 10.5 Å². The predicted molar refractivity (Wildman–Crippen MR) is 98.1 cm³/mol. The number of nitrogens with zero attached hydrogens (tertiary/aromatic N) is 3. The summed E-state index contributed by atoms with van der Waals surface area (Å²) < 4.78 is 1.82. The Bertz CT molecular complexity index is 995. The van der Waals surface area contributed by atoms with E-state index in [1.807, 2.05) is 53.9 Å². The molecule has 0 atom stereocenters. The Hall–Kier alpha value is -3.35. The Morgan fingerprint density at radius 1 is 1.31 bits per heavy atom. The maximum atomic E-state index is 12.6. The van der Waals surface area contributed by atoms with E-state index >= 15 is 0 Å². The molecule has 0 bridgehead atoms. The third kappa shape index (κ3) is 3.11. The molecule has 132 valence electrons. The molecule has 7 nitrogen and oxygen atoms in total. The molecule has 4 rings (SSSR count). The van der Waals surface area contributed by atoms with Gasteiger partial charge in [0.2, 0.25) is 0 Å². The van der Waals surface area contributed by atoms with Gasteiger partial charge in [-0.25, -0.2) is 9.78 Å². The maximum absolute atomic E-state index is 12.6. The van der Waals surface area contributed by atoms with Crippen LogP contribution < -0.4 is 10.6 Å². The number of hydrogen-bond acceptors (Lipinski definition) is 3. The lowest BCUT2D eigenvalue weighted by atomic mass is 10.1. The van der Waals surface area contributed by atoms with Gasteiger partial charge in [-0.05, 0) is 36.2 Å². The quantitative estimate of drug-likeness (QED) is 0.759. The van der Waals surface area contributed by atoms with Crippen LogP contribution in [0.2, 0.25) is 0 Å². The average Bonchev–Trinajstić information content (AvgIpc) is 3.22. The summed E-state index contributed by atoms with van der Waals surface area (Å²) >= 11 is 0. The van der Waals surface area contributed by atoms with Gasteiger partial charge >= 0.3 is 6.03 Å². The summed E-state index contributed by atoms with van der Waals surface area (Å²) in [6, 6.07) is 11.3. The van der Waals surface area contributed by atoms with Crippen LogP contribution in [0.5, 0.6) is 0 Å². The second kappa shape index (κ2) is 6.51. The molecular formula is C19H19N5O2. The van der Waals surface area contributed by atoms with Crippen molar-refractivity contribution in [2.75, 3.05) is 18.4 Å². The molecule has 1 aliphatic heterocycles. The lowest BCUT2D eigenvalue weighted by Crippen LogP contribution is -2.28. The zero-order valence-electron chi connectivity index (χ0n) is 14.4. The van der Waals surface area contributed by atoms with Gasteiger partial charge in [0.05, 0.1) is 0 Å². The number of aryl methyl sites for hydroxylation is 1. The van der Waals surface area contributed by atoms with Crippen molar-refractivity contribution < 1.29 is 9.59 Å². The number of para-hydroxylation sites is 1. The molecule has 3 heterocycles. The number of amides is 3. The molecule has 3 amide bonds. The second-order valence-corrected chi connectivity index (χ2v) is 6.36. The van der Waals surface area contributed by atoms with Gasteiger partial charge in [0.1, 0.15) is 11.3 Å². The molecule has 0 radical (unpaired) electrons. The van der Waals surface area contributed by atoms with Gasteiger partial charge in [-0.3, -0.25) is 4.79 Å². The number of urea groups is 1. The van der Waals surface area contributed by atoms with Crippen LogP contribution >= 0.6 is 0 Å². The molecule has 3 aromatic rings. The zero-order chi connectivity index (χ0) is 18.1. The highest BCUT2D eigenvalue weighted by molar-refractivity contribution is 6.03. The molecule has 7 heteroatoms. The van der Waals surface area contributed by atoms with Crippen LogP contribution in [0.15, 0.2) is 48.8 Å². The predicted octanol–water partition coefficient (Wildman–Crippen LogP) is 2.42. The number of carbonyl (C=O) groups is 2. The van der Waals surface area contributed by atoms with E-state index in [4.69, 9.17) is 0 Å². The molecule has 0 spiro atoms. The number of aromatic nitrogens is 2. The first kappa shape index (κ1) is 16.1. The van der Waals surface area contributed by atoms with Gasteiger partial charge < -0.3 is 19.9 Å². The highest BCUT2D eigenvalue weighted by Crippen LogP contribution is 2.19. The number of pyridine rings is 1. The van der Waals surface area contributed by atoms with Crippen molar-refractivity contribution in [1.82, 2.24) is 19.6 Å².